The van der Waals surface area contributed by atoms with Crippen LogP contribution in [-0.4, -0.2) is 69.5 Å². The van der Waals surface area contributed by atoms with Gasteiger partial charge in [-0.15, -0.1) is 0 Å². The van der Waals surface area contributed by atoms with Crippen LogP contribution in [0.5, 0.6) is 0 Å². The van der Waals surface area contributed by atoms with Gasteiger partial charge in [0.25, 0.3) is 0 Å². The quantitative estimate of drug-likeness (QED) is 0.471. The van der Waals surface area contributed by atoms with Crippen LogP contribution in [0.4, 0.5) is 0 Å². The van der Waals surface area contributed by atoms with Gasteiger partial charge in [-0.05, 0) is 54.9 Å². The predicted molar refractivity (Wildman–Crippen MR) is 130 cm³/mol. The van der Waals surface area contributed by atoms with E-state index in [-0.39, 0.29) is 23.9 Å². The molecule has 2 aromatic rings. The smallest absolute Gasteiger partial charge is 0.243 e. The second kappa shape index (κ2) is 12.4. The number of nitrogens with one attached hydrogen (secondary N) is 1. The zero-order valence-corrected chi connectivity index (χ0v) is 21.1. The largest absolute Gasteiger partial charge is 0.379 e. The van der Waals surface area contributed by atoms with Crippen molar-refractivity contribution in [1.82, 2.24) is 14.5 Å². The SMILES string of the molecule is O=C(CN(Cc1ccc(Cl)cc1Cl)S(=O)(=O)c1ccc(Cl)cc1)NCCCN1CCOCC1. The van der Waals surface area contributed by atoms with Crippen molar-refractivity contribution >= 4 is 50.7 Å². The van der Waals surface area contributed by atoms with Gasteiger partial charge in [0.2, 0.25) is 15.9 Å². The number of sulfonamides is 1. The highest BCUT2D eigenvalue weighted by atomic mass is 35.5. The molecule has 180 valence electrons. The minimum atomic E-state index is -3.99. The molecule has 33 heavy (non-hydrogen) atoms. The highest BCUT2D eigenvalue weighted by Gasteiger charge is 2.27. The molecular weight excluding hydrogens is 509 g/mol. The first-order valence-electron chi connectivity index (χ1n) is 10.5. The fraction of sp³-hybridized carbons (Fsp3) is 0.409. The highest BCUT2D eigenvalue weighted by molar-refractivity contribution is 7.89. The van der Waals surface area contributed by atoms with Crippen molar-refractivity contribution < 1.29 is 17.9 Å². The number of carbonyl (C=O) groups is 1. The lowest BCUT2D eigenvalue weighted by atomic mass is 10.2. The molecule has 0 saturated carbocycles. The van der Waals surface area contributed by atoms with Gasteiger partial charge >= 0.3 is 0 Å². The van der Waals surface area contributed by atoms with Crippen molar-refractivity contribution in [2.45, 2.75) is 17.9 Å². The maximum absolute atomic E-state index is 13.3. The van der Waals surface area contributed by atoms with E-state index < -0.39 is 10.0 Å². The third kappa shape index (κ3) is 7.82. The fourth-order valence-electron chi connectivity index (χ4n) is 3.39. The third-order valence-electron chi connectivity index (χ3n) is 5.21. The number of hydrogen-bond acceptors (Lipinski definition) is 5. The Morgan fingerprint density at radius 2 is 1.70 bits per heavy atom. The van der Waals surface area contributed by atoms with Crippen LogP contribution in [0, 0.1) is 0 Å². The van der Waals surface area contributed by atoms with Crippen molar-refractivity contribution in [3.05, 3.63) is 63.1 Å². The lowest BCUT2D eigenvalue weighted by Gasteiger charge is -2.26. The summed E-state index contributed by atoms with van der Waals surface area (Å²) in [6.07, 6.45) is 0.763. The second-order valence-electron chi connectivity index (χ2n) is 7.62. The average Bonchev–Trinajstić information content (AvgIpc) is 2.79. The minimum absolute atomic E-state index is 0.0390. The molecule has 1 aliphatic heterocycles. The number of morpholine rings is 1. The average molecular weight is 535 g/mol. The zero-order valence-electron chi connectivity index (χ0n) is 18.0. The highest BCUT2D eigenvalue weighted by Crippen LogP contribution is 2.25. The van der Waals surface area contributed by atoms with E-state index >= 15 is 0 Å². The lowest BCUT2D eigenvalue weighted by Crippen LogP contribution is -2.41. The van der Waals surface area contributed by atoms with Crippen LogP contribution in [0.25, 0.3) is 0 Å². The van der Waals surface area contributed by atoms with E-state index in [0.717, 1.165) is 43.6 Å². The lowest BCUT2D eigenvalue weighted by molar-refractivity contribution is -0.121. The van der Waals surface area contributed by atoms with E-state index in [1.807, 2.05) is 0 Å². The summed E-state index contributed by atoms with van der Waals surface area (Å²) in [5.74, 6) is -0.389. The standard InChI is InChI=1S/C22H26Cl3N3O4S/c23-18-4-6-20(7-5-18)33(30,31)28(15-17-2-3-19(24)14-21(17)25)16-22(29)26-8-1-9-27-10-12-32-13-11-27/h2-7,14H,1,8-13,15-16H2,(H,26,29). The van der Waals surface area contributed by atoms with Crippen molar-refractivity contribution in [3.8, 4) is 0 Å². The van der Waals surface area contributed by atoms with Gasteiger partial charge in [0, 0.05) is 41.2 Å². The number of hydrogen-bond donors (Lipinski definition) is 1. The van der Waals surface area contributed by atoms with Crippen LogP contribution >= 0.6 is 34.8 Å². The summed E-state index contributed by atoms with van der Waals surface area (Å²) < 4.78 is 33.1. The number of halogens is 3. The summed E-state index contributed by atoms with van der Waals surface area (Å²) in [5.41, 5.74) is 0.540. The molecule has 0 unspecified atom stereocenters. The molecule has 1 heterocycles. The number of nitrogens with zero attached hydrogens (tertiary/aromatic N) is 2. The van der Waals surface area contributed by atoms with Crippen LogP contribution in [-0.2, 0) is 26.1 Å². The number of ether oxygens (including phenoxy) is 1. The Balaban J connectivity index is 1.68. The monoisotopic (exact) mass is 533 g/mol. The molecule has 0 aliphatic carbocycles. The molecule has 1 fully saturated rings. The van der Waals surface area contributed by atoms with Gasteiger partial charge in [-0.25, -0.2) is 8.42 Å². The van der Waals surface area contributed by atoms with Gasteiger partial charge in [0.05, 0.1) is 24.7 Å². The van der Waals surface area contributed by atoms with Crippen molar-refractivity contribution in [2.24, 2.45) is 0 Å². The van der Waals surface area contributed by atoms with Crippen molar-refractivity contribution in [3.63, 3.8) is 0 Å². The summed E-state index contributed by atoms with van der Waals surface area (Å²) in [6.45, 7) is 4.06. The van der Waals surface area contributed by atoms with Gasteiger partial charge in [-0.1, -0.05) is 40.9 Å². The van der Waals surface area contributed by atoms with Crippen molar-refractivity contribution in [2.75, 3.05) is 45.9 Å². The Kier molecular flexibility index (Phi) is 9.81. The molecule has 1 N–H and O–H groups in total. The first-order chi connectivity index (χ1) is 15.8. The molecule has 2 aromatic carbocycles. The van der Waals surface area contributed by atoms with E-state index in [4.69, 9.17) is 39.5 Å². The first kappa shape index (κ1) is 26.2. The summed E-state index contributed by atoms with van der Waals surface area (Å²) >= 11 is 18.1. The van der Waals surface area contributed by atoms with Gasteiger partial charge in [-0.3, -0.25) is 9.69 Å². The summed E-state index contributed by atoms with van der Waals surface area (Å²) in [4.78, 5) is 15.0. The van der Waals surface area contributed by atoms with Crippen LogP contribution in [0.2, 0.25) is 15.1 Å². The molecule has 0 bridgehead atoms. The first-order valence-corrected chi connectivity index (χ1v) is 13.1. The zero-order chi connectivity index (χ0) is 23.8. The van der Waals surface area contributed by atoms with Gasteiger partial charge < -0.3 is 10.1 Å². The molecule has 0 aromatic heterocycles. The number of carbonyl (C=O) groups excluding carboxylic acids is 1. The van der Waals surface area contributed by atoms with Crippen LogP contribution in [0.15, 0.2) is 47.4 Å². The molecule has 0 radical (unpaired) electrons. The van der Waals surface area contributed by atoms with E-state index in [9.17, 15) is 13.2 Å². The van der Waals surface area contributed by atoms with Crippen LogP contribution in [0.3, 0.4) is 0 Å². The molecule has 3 rings (SSSR count). The summed E-state index contributed by atoms with van der Waals surface area (Å²) in [7, 11) is -3.99. The van der Waals surface area contributed by atoms with E-state index in [1.54, 1.807) is 12.1 Å². The third-order valence-corrected chi connectivity index (χ3v) is 7.86. The Bertz CT molecular complexity index is 1050. The molecule has 0 spiro atoms. The van der Waals surface area contributed by atoms with Crippen molar-refractivity contribution in [1.29, 1.82) is 0 Å². The van der Waals surface area contributed by atoms with Gasteiger partial charge in [0.1, 0.15) is 0 Å². The van der Waals surface area contributed by atoms with E-state index in [1.165, 1.54) is 30.3 Å². The Labute approximate surface area is 209 Å². The Morgan fingerprint density at radius 3 is 2.36 bits per heavy atom. The summed E-state index contributed by atoms with van der Waals surface area (Å²) in [6, 6.07) is 10.6. The second-order valence-corrected chi connectivity index (χ2v) is 10.8. The maximum Gasteiger partial charge on any atom is 0.243 e. The minimum Gasteiger partial charge on any atom is -0.379 e. The number of benzene rings is 2. The van der Waals surface area contributed by atoms with Crippen LogP contribution in [0.1, 0.15) is 12.0 Å². The maximum atomic E-state index is 13.3. The van der Waals surface area contributed by atoms with Gasteiger partial charge in [-0.2, -0.15) is 4.31 Å². The van der Waals surface area contributed by atoms with E-state index in [2.05, 4.69) is 10.2 Å². The molecule has 1 saturated heterocycles. The van der Waals surface area contributed by atoms with E-state index in [0.29, 0.717) is 27.2 Å². The normalized spacial score (nSPS) is 15.0. The fourth-order valence-corrected chi connectivity index (χ4v) is 5.36. The molecule has 7 nitrogen and oxygen atoms in total. The molecule has 1 amide bonds. The molecule has 0 atom stereocenters. The Morgan fingerprint density at radius 1 is 1.03 bits per heavy atom. The molecular formula is C22H26Cl3N3O4S. The summed E-state index contributed by atoms with van der Waals surface area (Å²) in [5, 5.41) is 4.00. The number of amides is 1. The predicted octanol–water partition coefficient (Wildman–Crippen LogP) is 3.68. The molecule has 11 heteroatoms. The van der Waals surface area contributed by atoms with Crippen LogP contribution < -0.4 is 5.32 Å². The molecule has 1 aliphatic rings. The topological polar surface area (TPSA) is 79.0 Å². The Hall–Kier alpha value is -1.39. The van der Waals surface area contributed by atoms with Gasteiger partial charge in [0.15, 0.2) is 0 Å². The number of rotatable bonds is 10.